The van der Waals surface area contributed by atoms with Crippen molar-refractivity contribution < 1.29 is 19.5 Å². The number of nitrogens with one attached hydrogen (secondary N) is 1. The number of anilines is 1. The Bertz CT molecular complexity index is 850. The summed E-state index contributed by atoms with van der Waals surface area (Å²) in [6.07, 6.45) is 2.00. The Labute approximate surface area is 157 Å². The molecule has 0 aliphatic heterocycles. The van der Waals surface area contributed by atoms with Gasteiger partial charge in [0.05, 0.1) is 5.92 Å². The predicted molar refractivity (Wildman–Crippen MR) is 102 cm³/mol. The number of hydrogen-bond acceptors (Lipinski definition) is 3. The summed E-state index contributed by atoms with van der Waals surface area (Å²) in [5.74, 6) is -2.01. The van der Waals surface area contributed by atoms with E-state index in [1.54, 1.807) is 31.3 Å². The van der Waals surface area contributed by atoms with E-state index in [1.807, 2.05) is 30.3 Å². The van der Waals surface area contributed by atoms with Crippen LogP contribution in [-0.2, 0) is 4.79 Å². The highest BCUT2D eigenvalue weighted by molar-refractivity contribution is 6.07. The van der Waals surface area contributed by atoms with Crippen LogP contribution in [0.5, 0.6) is 0 Å². The highest BCUT2D eigenvalue weighted by Crippen LogP contribution is 2.26. The average Bonchev–Trinajstić information content (AvgIpc) is 3.16. The summed E-state index contributed by atoms with van der Waals surface area (Å²) in [5.41, 5.74) is 1.50. The van der Waals surface area contributed by atoms with Crippen molar-refractivity contribution in [1.29, 1.82) is 0 Å². The predicted octanol–water partition coefficient (Wildman–Crippen LogP) is 2.95. The van der Waals surface area contributed by atoms with Gasteiger partial charge in [-0.1, -0.05) is 30.7 Å². The number of aliphatic carboxylic acids is 1. The molecule has 0 saturated heterocycles. The maximum atomic E-state index is 12.7. The Kier molecular flexibility index (Phi) is 5.54. The summed E-state index contributed by atoms with van der Waals surface area (Å²) in [5, 5.41) is 12.1. The van der Waals surface area contributed by atoms with E-state index >= 15 is 0 Å². The lowest BCUT2D eigenvalue weighted by Crippen LogP contribution is -2.40. The van der Waals surface area contributed by atoms with Gasteiger partial charge in [-0.05, 0) is 43.2 Å². The van der Waals surface area contributed by atoms with Gasteiger partial charge >= 0.3 is 5.97 Å². The van der Waals surface area contributed by atoms with Crippen LogP contribution in [0.15, 0.2) is 54.6 Å². The maximum Gasteiger partial charge on any atom is 0.308 e. The van der Waals surface area contributed by atoms with E-state index in [9.17, 15) is 19.5 Å². The number of para-hydroxylation sites is 1. The molecule has 0 bridgehead atoms. The van der Waals surface area contributed by atoms with Crippen LogP contribution < -0.4 is 10.2 Å². The first-order valence-corrected chi connectivity index (χ1v) is 8.94. The van der Waals surface area contributed by atoms with Crippen molar-refractivity contribution in [2.45, 2.75) is 25.3 Å². The lowest BCUT2D eigenvalue weighted by Gasteiger charge is -2.19. The number of amides is 2. The summed E-state index contributed by atoms with van der Waals surface area (Å²) >= 11 is 0. The van der Waals surface area contributed by atoms with Gasteiger partial charge in [-0.15, -0.1) is 0 Å². The van der Waals surface area contributed by atoms with Crippen molar-refractivity contribution in [2.24, 2.45) is 5.92 Å². The second kappa shape index (κ2) is 8.03. The second-order valence-electron chi connectivity index (χ2n) is 6.74. The van der Waals surface area contributed by atoms with Gasteiger partial charge < -0.3 is 15.3 Å². The molecule has 1 aliphatic rings. The monoisotopic (exact) mass is 366 g/mol. The first-order valence-electron chi connectivity index (χ1n) is 8.94. The van der Waals surface area contributed by atoms with Gasteiger partial charge in [-0.25, -0.2) is 0 Å². The van der Waals surface area contributed by atoms with E-state index in [-0.39, 0.29) is 17.9 Å². The summed E-state index contributed by atoms with van der Waals surface area (Å²) in [7, 11) is 1.68. The lowest BCUT2D eigenvalue weighted by molar-refractivity contribution is -0.142. The summed E-state index contributed by atoms with van der Waals surface area (Å²) < 4.78 is 0. The van der Waals surface area contributed by atoms with Crippen LogP contribution in [0.4, 0.5) is 5.69 Å². The maximum absolute atomic E-state index is 12.7. The standard InChI is InChI=1S/C21H22N2O4/c1-23(16-9-3-2-4-10-16)20(25)15-8-5-7-14(13-15)19(24)22-18-12-6-11-17(18)21(26)27/h2-5,7-10,13,17-18H,6,11-12H2,1H3,(H,22,24)(H,26,27)/t17-,18+/m0/s1. The fourth-order valence-electron chi connectivity index (χ4n) is 3.44. The molecule has 2 aromatic rings. The van der Waals surface area contributed by atoms with E-state index in [2.05, 4.69) is 5.32 Å². The third kappa shape index (κ3) is 4.16. The van der Waals surface area contributed by atoms with E-state index in [0.29, 0.717) is 24.0 Å². The molecule has 0 spiro atoms. The zero-order chi connectivity index (χ0) is 19.4. The Morgan fingerprint density at radius 1 is 1.00 bits per heavy atom. The molecule has 1 fully saturated rings. The van der Waals surface area contributed by atoms with Crippen LogP contribution in [0.2, 0.25) is 0 Å². The first-order chi connectivity index (χ1) is 13.0. The Morgan fingerprint density at radius 2 is 1.70 bits per heavy atom. The number of carbonyl (C=O) groups excluding carboxylic acids is 2. The fourth-order valence-corrected chi connectivity index (χ4v) is 3.44. The van der Waals surface area contributed by atoms with Gasteiger partial charge in [0.1, 0.15) is 0 Å². The third-order valence-corrected chi connectivity index (χ3v) is 4.97. The van der Waals surface area contributed by atoms with Gasteiger partial charge in [-0.2, -0.15) is 0 Å². The number of nitrogens with zero attached hydrogens (tertiary/aromatic N) is 1. The van der Waals surface area contributed by atoms with Crippen LogP contribution in [0, 0.1) is 5.92 Å². The van der Waals surface area contributed by atoms with Gasteiger partial charge in [0.15, 0.2) is 0 Å². The normalized spacial score (nSPS) is 18.7. The molecule has 1 aliphatic carbocycles. The minimum Gasteiger partial charge on any atom is -0.481 e. The van der Waals surface area contributed by atoms with Crippen molar-refractivity contribution >= 4 is 23.5 Å². The Balaban J connectivity index is 1.74. The van der Waals surface area contributed by atoms with Crippen LogP contribution in [0.3, 0.4) is 0 Å². The zero-order valence-electron chi connectivity index (χ0n) is 15.1. The number of carboxylic acids is 1. The highest BCUT2D eigenvalue weighted by Gasteiger charge is 2.34. The summed E-state index contributed by atoms with van der Waals surface area (Å²) in [6, 6.07) is 15.4. The first kappa shape index (κ1) is 18.6. The molecule has 140 valence electrons. The molecule has 0 heterocycles. The van der Waals surface area contributed by atoms with E-state index < -0.39 is 11.9 Å². The molecule has 0 unspecified atom stereocenters. The molecule has 1 saturated carbocycles. The molecule has 6 heteroatoms. The van der Waals surface area contributed by atoms with E-state index in [1.165, 1.54) is 4.90 Å². The van der Waals surface area contributed by atoms with Crippen molar-refractivity contribution in [3.8, 4) is 0 Å². The molecule has 2 aromatic carbocycles. The second-order valence-corrected chi connectivity index (χ2v) is 6.74. The van der Waals surface area contributed by atoms with Crippen LogP contribution in [-0.4, -0.2) is 36.0 Å². The minimum absolute atomic E-state index is 0.222. The van der Waals surface area contributed by atoms with Crippen molar-refractivity contribution in [1.82, 2.24) is 5.32 Å². The molecule has 0 radical (unpaired) electrons. The Morgan fingerprint density at radius 3 is 2.41 bits per heavy atom. The third-order valence-electron chi connectivity index (χ3n) is 4.97. The molecular weight excluding hydrogens is 344 g/mol. The minimum atomic E-state index is -0.883. The number of hydrogen-bond donors (Lipinski definition) is 2. The number of carboxylic acid groups (broad SMARTS) is 1. The smallest absolute Gasteiger partial charge is 0.308 e. The van der Waals surface area contributed by atoms with Crippen molar-refractivity contribution in [3.63, 3.8) is 0 Å². The van der Waals surface area contributed by atoms with Gasteiger partial charge in [0.2, 0.25) is 0 Å². The van der Waals surface area contributed by atoms with E-state index in [0.717, 1.165) is 12.1 Å². The average molecular weight is 366 g/mol. The van der Waals surface area contributed by atoms with Gasteiger partial charge in [0.25, 0.3) is 11.8 Å². The molecule has 0 aromatic heterocycles. The van der Waals surface area contributed by atoms with Crippen LogP contribution in [0.25, 0.3) is 0 Å². The van der Waals surface area contributed by atoms with E-state index in [4.69, 9.17) is 0 Å². The number of carbonyl (C=O) groups is 3. The van der Waals surface area contributed by atoms with Crippen molar-refractivity contribution in [2.75, 3.05) is 11.9 Å². The topological polar surface area (TPSA) is 86.7 Å². The number of benzene rings is 2. The quantitative estimate of drug-likeness (QED) is 0.852. The fraction of sp³-hybridized carbons (Fsp3) is 0.286. The molecule has 3 rings (SSSR count). The number of rotatable bonds is 5. The van der Waals surface area contributed by atoms with Gasteiger partial charge in [-0.3, -0.25) is 14.4 Å². The summed E-state index contributed by atoms with van der Waals surface area (Å²) in [4.78, 5) is 38.1. The molecule has 2 amide bonds. The Hall–Kier alpha value is -3.15. The molecule has 2 N–H and O–H groups in total. The van der Waals surface area contributed by atoms with Crippen LogP contribution >= 0.6 is 0 Å². The molecular formula is C21H22N2O4. The SMILES string of the molecule is CN(C(=O)c1cccc(C(=O)N[C@@H]2CCC[C@@H]2C(=O)O)c1)c1ccccc1. The zero-order valence-corrected chi connectivity index (χ0v) is 15.1. The molecule has 27 heavy (non-hydrogen) atoms. The van der Waals surface area contributed by atoms with Crippen LogP contribution in [0.1, 0.15) is 40.0 Å². The highest BCUT2D eigenvalue weighted by atomic mass is 16.4. The largest absolute Gasteiger partial charge is 0.481 e. The molecule has 2 atom stereocenters. The molecule has 6 nitrogen and oxygen atoms in total. The van der Waals surface area contributed by atoms with Gasteiger partial charge in [0, 0.05) is 29.9 Å². The lowest BCUT2D eigenvalue weighted by atomic mass is 10.0. The van der Waals surface area contributed by atoms with Crippen molar-refractivity contribution in [3.05, 3.63) is 65.7 Å². The summed E-state index contributed by atoms with van der Waals surface area (Å²) in [6.45, 7) is 0.